The van der Waals surface area contributed by atoms with Gasteiger partial charge in [-0.3, -0.25) is 4.90 Å². The summed E-state index contributed by atoms with van der Waals surface area (Å²) in [5.74, 6) is 0. The highest BCUT2D eigenvalue weighted by Crippen LogP contribution is 2.28. The van der Waals surface area contributed by atoms with Crippen molar-refractivity contribution in [3.63, 3.8) is 0 Å². The minimum absolute atomic E-state index is 0.430. The lowest BCUT2D eigenvalue weighted by Gasteiger charge is -2.41. The van der Waals surface area contributed by atoms with Crippen molar-refractivity contribution < 1.29 is 0 Å². The number of likely N-dealkylation sites (N-methyl/N-ethyl adjacent to an activating group) is 1. The lowest BCUT2D eigenvalue weighted by atomic mass is 9.91. The zero-order valence-electron chi connectivity index (χ0n) is 11.5. The Balaban J connectivity index is 1.98. The van der Waals surface area contributed by atoms with Crippen molar-refractivity contribution in [2.45, 2.75) is 89.3 Å². The largest absolute Gasteiger partial charge is 0.326 e. The molecule has 0 aromatic carbocycles. The SMILES string of the molecule is CCN(C1CCCCC1)C1CCCCCC1N. The molecular formula is C15H30N2. The fourth-order valence-corrected chi connectivity index (χ4v) is 3.90. The Morgan fingerprint density at radius 1 is 0.882 bits per heavy atom. The topological polar surface area (TPSA) is 29.3 Å². The first-order valence-corrected chi connectivity index (χ1v) is 7.84. The molecule has 2 N–H and O–H groups in total. The van der Waals surface area contributed by atoms with Crippen LogP contribution in [0.5, 0.6) is 0 Å². The first-order chi connectivity index (χ1) is 8.33. The van der Waals surface area contributed by atoms with Crippen molar-refractivity contribution in [3.8, 4) is 0 Å². The van der Waals surface area contributed by atoms with Crippen LogP contribution in [0, 0.1) is 0 Å². The molecule has 0 aliphatic heterocycles. The molecule has 2 saturated carbocycles. The van der Waals surface area contributed by atoms with Crippen LogP contribution in [-0.2, 0) is 0 Å². The molecule has 0 bridgehead atoms. The quantitative estimate of drug-likeness (QED) is 0.764. The molecule has 2 aliphatic rings. The molecular weight excluding hydrogens is 208 g/mol. The molecule has 100 valence electrons. The lowest BCUT2D eigenvalue weighted by molar-refractivity contribution is 0.0901. The van der Waals surface area contributed by atoms with Crippen LogP contribution in [0.4, 0.5) is 0 Å². The van der Waals surface area contributed by atoms with Gasteiger partial charge in [-0.25, -0.2) is 0 Å². The lowest BCUT2D eigenvalue weighted by Crippen LogP contribution is -2.52. The van der Waals surface area contributed by atoms with E-state index >= 15 is 0 Å². The summed E-state index contributed by atoms with van der Waals surface area (Å²) in [6, 6.07) is 1.94. The number of nitrogens with two attached hydrogens (primary N) is 1. The molecule has 17 heavy (non-hydrogen) atoms. The van der Waals surface area contributed by atoms with E-state index in [0.29, 0.717) is 12.1 Å². The highest BCUT2D eigenvalue weighted by Gasteiger charge is 2.30. The molecule has 0 aromatic rings. The Hall–Kier alpha value is -0.0800. The van der Waals surface area contributed by atoms with Crippen molar-refractivity contribution in [2.24, 2.45) is 5.73 Å². The van der Waals surface area contributed by atoms with Gasteiger partial charge in [0.1, 0.15) is 0 Å². The van der Waals surface area contributed by atoms with Crippen LogP contribution in [0.1, 0.15) is 71.1 Å². The van der Waals surface area contributed by atoms with E-state index in [9.17, 15) is 0 Å². The van der Waals surface area contributed by atoms with Gasteiger partial charge in [-0.2, -0.15) is 0 Å². The molecule has 2 nitrogen and oxygen atoms in total. The van der Waals surface area contributed by atoms with Crippen LogP contribution in [0.3, 0.4) is 0 Å². The minimum Gasteiger partial charge on any atom is -0.326 e. The summed E-state index contributed by atoms with van der Waals surface area (Å²) in [5.41, 5.74) is 6.42. The van der Waals surface area contributed by atoms with Gasteiger partial charge in [0.25, 0.3) is 0 Å². The zero-order chi connectivity index (χ0) is 12.1. The van der Waals surface area contributed by atoms with E-state index < -0.39 is 0 Å². The average molecular weight is 238 g/mol. The number of nitrogens with zero attached hydrogens (tertiary/aromatic N) is 1. The molecule has 2 aliphatic carbocycles. The van der Waals surface area contributed by atoms with Crippen LogP contribution in [0.15, 0.2) is 0 Å². The third kappa shape index (κ3) is 3.45. The van der Waals surface area contributed by atoms with Gasteiger partial charge in [0.05, 0.1) is 0 Å². The summed E-state index contributed by atoms with van der Waals surface area (Å²) in [7, 11) is 0. The summed E-state index contributed by atoms with van der Waals surface area (Å²) in [6.07, 6.45) is 13.9. The fraction of sp³-hybridized carbons (Fsp3) is 1.00. The molecule has 2 unspecified atom stereocenters. The standard InChI is InChI=1S/C15H30N2/c1-2-17(13-9-5-3-6-10-13)15-12-8-4-7-11-14(15)16/h13-15H,2-12,16H2,1H3. The van der Waals surface area contributed by atoms with Gasteiger partial charge in [-0.05, 0) is 32.2 Å². The smallest absolute Gasteiger partial charge is 0.0250 e. The number of hydrogen-bond acceptors (Lipinski definition) is 2. The molecule has 2 atom stereocenters. The van der Waals surface area contributed by atoms with Crippen LogP contribution < -0.4 is 5.73 Å². The van der Waals surface area contributed by atoms with Gasteiger partial charge < -0.3 is 5.73 Å². The van der Waals surface area contributed by atoms with Crippen molar-refractivity contribution in [1.29, 1.82) is 0 Å². The monoisotopic (exact) mass is 238 g/mol. The highest BCUT2D eigenvalue weighted by atomic mass is 15.2. The van der Waals surface area contributed by atoms with E-state index in [1.165, 1.54) is 70.8 Å². The normalized spacial score (nSPS) is 32.6. The maximum absolute atomic E-state index is 6.42. The van der Waals surface area contributed by atoms with Gasteiger partial charge in [0.15, 0.2) is 0 Å². The third-order valence-electron chi connectivity index (χ3n) is 4.87. The maximum atomic E-state index is 6.42. The first kappa shape index (κ1) is 13.4. The van der Waals surface area contributed by atoms with E-state index in [1.807, 2.05) is 0 Å². The molecule has 2 fully saturated rings. The fourth-order valence-electron chi connectivity index (χ4n) is 3.90. The van der Waals surface area contributed by atoms with E-state index in [2.05, 4.69) is 11.8 Å². The molecule has 0 amide bonds. The van der Waals surface area contributed by atoms with E-state index in [4.69, 9.17) is 5.73 Å². The molecule has 0 heterocycles. The van der Waals surface area contributed by atoms with Gasteiger partial charge in [0.2, 0.25) is 0 Å². The Bertz CT molecular complexity index is 211. The second-order valence-corrected chi connectivity index (χ2v) is 5.99. The van der Waals surface area contributed by atoms with Crippen LogP contribution in [0.2, 0.25) is 0 Å². The second kappa shape index (κ2) is 6.75. The van der Waals surface area contributed by atoms with Crippen molar-refractivity contribution in [3.05, 3.63) is 0 Å². The maximum Gasteiger partial charge on any atom is 0.0250 e. The molecule has 2 rings (SSSR count). The molecule has 0 radical (unpaired) electrons. The Labute approximate surface area is 107 Å². The summed E-state index contributed by atoms with van der Waals surface area (Å²) in [5, 5.41) is 0. The average Bonchev–Trinajstić information content (AvgIpc) is 2.58. The Morgan fingerprint density at radius 2 is 1.47 bits per heavy atom. The van der Waals surface area contributed by atoms with Gasteiger partial charge in [-0.1, -0.05) is 45.4 Å². The summed E-state index contributed by atoms with van der Waals surface area (Å²) in [6.45, 7) is 3.52. The van der Waals surface area contributed by atoms with Crippen molar-refractivity contribution in [2.75, 3.05) is 6.54 Å². The second-order valence-electron chi connectivity index (χ2n) is 5.99. The molecule has 0 spiro atoms. The highest BCUT2D eigenvalue weighted by molar-refractivity contribution is 4.88. The molecule has 0 saturated heterocycles. The van der Waals surface area contributed by atoms with E-state index in [0.717, 1.165) is 6.04 Å². The van der Waals surface area contributed by atoms with Gasteiger partial charge in [0, 0.05) is 18.1 Å². The van der Waals surface area contributed by atoms with Crippen molar-refractivity contribution in [1.82, 2.24) is 4.90 Å². The van der Waals surface area contributed by atoms with E-state index in [-0.39, 0.29) is 0 Å². The van der Waals surface area contributed by atoms with Gasteiger partial charge in [-0.15, -0.1) is 0 Å². The predicted octanol–water partition coefficient (Wildman–Crippen LogP) is 3.30. The first-order valence-electron chi connectivity index (χ1n) is 7.84. The number of rotatable bonds is 3. The number of hydrogen-bond donors (Lipinski definition) is 1. The molecule has 2 heteroatoms. The summed E-state index contributed by atoms with van der Waals surface area (Å²) < 4.78 is 0. The van der Waals surface area contributed by atoms with Gasteiger partial charge >= 0.3 is 0 Å². The Kier molecular flexibility index (Phi) is 5.30. The predicted molar refractivity (Wildman–Crippen MR) is 74.1 cm³/mol. The molecule has 0 aromatic heterocycles. The summed E-state index contributed by atoms with van der Waals surface area (Å²) >= 11 is 0. The van der Waals surface area contributed by atoms with Crippen LogP contribution in [0.25, 0.3) is 0 Å². The zero-order valence-corrected chi connectivity index (χ0v) is 11.5. The third-order valence-corrected chi connectivity index (χ3v) is 4.87. The summed E-state index contributed by atoms with van der Waals surface area (Å²) in [4.78, 5) is 2.76. The van der Waals surface area contributed by atoms with Crippen LogP contribution in [-0.4, -0.2) is 29.6 Å². The minimum atomic E-state index is 0.430. The van der Waals surface area contributed by atoms with E-state index in [1.54, 1.807) is 0 Å². The Morgan fingerprint density at radius 3 is 2.12 bits per heavy atom. The van der Waals surface area contributed by atoms with Crippen molar-refractivity contribution >= 4 is 0 Å². The van der Waals surface area contributed by atoms with Crippen LogP contribution >= 0.6 is 0 Å².